The zero-order chi connectivity index (χ0) is 15.1. The summed E-state index contributed by atoms with van der Waals surface area (Å²) in [5, 5.41) is 3.55. The molecule has 1 N–H and O–H groups in total. The smallest absolute Gasteiger partial charge is 0.0798 e. The summed E-state index contributed by atoms with van der Waals surface area (Å²) in [6, 6.07) is 11.1. The number of nitrogens with zero attached hydrogens (tertiary/aromatic N) is 2. The van der Waals surface area contributed by atoms with E-state index in [2.05, 4.69) is 66.4 Å². The Morgan fingerprint density at radius 2 is 2.05 bits per heavy atom. The van der Waals surface area contributed by atoms with Gasteiger partial charge in [0.25, 0.3) is 0 Å². The molecule has 0 aliphatic carbocycles. The van der Waals surface area contributed by atoms with Crippen LogP contribution in [-0.4, -0.2) is 30.0 Å². The number of likely N-dealkylation sites (N-methyl/N-ethyl adjacent to an activating group) is 1. The molecule has 0 bridgehead atoms. The highest BCUT2D eigenvalue weighted by Gasteiger charge is 2.18. The predicted molar refractivity (Wildman–Crippen MR) is 90.7 cm³/mol. The van der Waals surface area contributed by atoms with E-state index in [9.17, 15) is 0 Å². The molecular weight excluding hydrogens is 278 g/mol. The van der Waals surface area contributed by atoms with Gasteiger partial charge in [0, 0.05) is 24.0 Å². The van der Waals surface area contributed by atoms with E-state index in [0.29, 0.717) is 6.04 Å². The molecule has 0 aliphatic heterocycles. The third-order valence-corrected chi connectivity index (χ3v) is 4.64. The molecule has 1 aromatic heterocycles. The first-order chi connectivity index (χ1) is 10.2. The Labute approximate surface area is 132 Å². The van der Waals surface area contributed by atoms with Crippen LogP contribution in [0.2, 0.25) is 0 Å². The average molecular weight is 303 g/mol. The third-order valence-electron chi connectivity index (χ3n) is 3.72. The molecular formula is C17H25N3S. The molecule has 0 amide bonds. The fourth-order valence-corrected chi connectivity index (χ4v) is 3.27. The molecule has 1 unspecified atom stereocenters. The Balaban J connectivity index is 2.08. The predicted octanol–water partition coefficient (Wildman–Crippen LogP) is 3.62. The minimum Gasteiger partial charge on any atom is -0.315 e. The highest BCUT2D eigenvalue weighted by molar-refractivity contribution is 7.09. The first-order valence-electron chi connectivity index (χ1n) is 7.57. The van der Waals surface area contributed by atoms with Crippen molar-refractivity contribution in [3.63, 3.8) is 0 Å². The zero-order valence-electron chi connectivity index (χ0n) is 13.2. The Morgan fingerprint density at radius 1 is 1.29 bits per heavy atom. The van der Waals surface area contributed by atoms with Gasteiger partial charge in [0.15, 0.2) is 0 Å². The van der Waals surface area contributed by atoms with E-state index in [-0.39, 0.29) is 0 Å². The van der Waals surface area contributed by atoms with Crippen molar-refractivity contribution < 1.29 is 0 Å². The molecule has 0 saturated carbocycles. The molecule has 1 aromatic carbocycles. The first kappa shape index (κ1) is 16.1. The topological polar surface area (TPSA) is 28.2 Å². The van der Waals surface area contributed by atoms with Crippen LogP contribution in [0.3, 0.4) is 0 Å². The van der Waals surface area contributed by atoms with Gasteiger partial charge in [0.2, 0.25) is 0 Å². The number of aromatic nitrogens is 1. The fraction of sp³-hybridized carbons (Fsp3) is 0.471. The van der Waals surface area contributed by atoms with Crippen molar-refractivity contribution in [1.29, 1.82) is 0 Å². The van der Waals surface area contributed by atoms with Crippen molar-refractivity contribution in [3.8, 4) is 0 Å². The minimum absolute atomic E-state index is 0.388. The molecule has 0 aliphatic rings. The molecule has 114 valence electrons. The summed E-state index contributed by atoms with van der Waals surface area (Å²) in [5.41, 5.74) is 4.46. The van der Waals surface area contributed by atoms with Crippen molar-refractivity contribution >= 4 is 11.3 Å². The lowest BCUT2D eigenvalue weighted by atomic mass is 10.1. The number of aryl methyl sites for hydroxylation is 1. The molecule has 4 heteroatoms. The molecule has 0 spiro atoms. The number of benzene rings is 1. The SMILES string of the molecule is CCCNCC(c1ccccc1)N(C)Cc1scnc1C. The second-order valence-corrected chi connectivity index (χ2v) is 6.35. The number of hydrogen-bond acceptors (Lipinski definition) is 4. The largest absolute Gasteiger partial charge is 0.315 e. The van der Waals surface area contributed by atoms with Crippen LogP contribution in [-0.2, 0) is 6.54 Å². The van der Waals surface area contributed by atoms with Crippen LogP contribution in [0.4, 0.5) is 0 Å². The summed E-state index contributed by atoms with van der Waals surface area (Å²) in [6.45, 7) is 7.29. The average Bonchev–Trinajstić information content (AvgIpc) is 2.90. The highest BCUT2D eigenvalue weighted by Crippen LogP contribution is 2.23. The van der Waals surface area contributed by atoms with Crippen molar-refractivity contribution in [2.24, 2.45) is 0 Å². The van der Waals surface area contributed by atoms with Crippen LogP contribution in [0.1, 0.15) is 35.5 Å². The standard InChI is InChI=1S/C17H25N3S/c1-4-10-18-11-16(15-8-6-5-7-9-15)20(3)12-17-14(2)19-13-21-17/h5-9,13,16,18H,4,10-12H2,1-3H3. The maximum absolute atomic E-state index is 4.35. The van der Waals surface area contributed by atoms with Gasteiger partial charge in [-0.2, -0.15) is 0 Å². The van der Waals surface area contributed by atoms with Crippen LogP contribution in [0, 0.1) is 6.92 Å². The normalized spacial score (nSPS) is 12.8. The van der Waals surface area contributed by atoms with E-state index < -0.39 is 0 Å². The van der Waals surface area contributed by atoms with Gasteiger partial charge in [-0.05, 0) is 32.5 Å². The molecule has 3 nitrogen and oxygen atoms in total. The molecule has 1 heterocycles. The Bertz CT molecular complexity index is 524. The molecule has 2 aromatic rings. The summed E-state index contributed by atoms with van der Waals surface area (Å²) in [7, 11) is 2.20. The van der Waals surface area contributed by atoms with E-state index in [1.807, 2.05) is 5.51 Å². The lowest BCUT2D eigenvalue weighted by Crippen LogP contribution is -2.33. The molecule has 2 rings (SSSR count). The quantitative estimate of drug-likeness (QED) is 0.755. The highest BCUT2D eigenvalue weighted by atomic mass is 32.1. The van der Waals surface area contributed by atoms with E-state index in [4.69, 9.17) is 0 Å². The van der Waals surface area contributed by atoms with Crippen molar-refractivity contribution in [1.82, 2.24) is 15.2 Å². The summed E-state index contributed by atoms with van der Waals surface area (Å²) < 4.78 is 0. The van der Waals surface area contributed by atoms with E-state index in [1.165, 1.54) is 16.9 Å². The summed E-state index contributed by atoms with van der Waals surface area (Å²) in [5.74, 6) is 0. The van der Waals surface area contributed by atoms with Gasteiger partial charge in [-0.15, -0.1) is 11.3 Å². The fourth-order valence-electron chi connectivity index (χ4n) is 2.43. The van der Waals surface area contributed by atoms with Crippen molar-refractivity contribution in [3.05, 3.63) is 52.0 Å². The van der Waals surface area contributed by atoms with Gasteiger partial charge in [0.05, 0.1) is 11.2 Å². The molecule has 1 atom stereocenters. The second-order valence-electron chi connectivity index (χ2n) is 5.41. The lowest BCUT2D eigenvalue weighted by molar-refractivity contribution is 0.231. The maximum atomic E-state index is 4.35. The Kier molecular flexibility index (Phi) is 6.36. The van der Waals surface area contributed by atoms with E-state index >= 15 is 0 Å². The van der Waals surface area contributed by atoms with Crippen LogP contribution in [0.25, 0.3) is 0 Å². The van der Waals surface area contributed by atoms with Gasteiger partial charge in [-0.25, -0.2) is 4.98 Å². The monoisotopic (exact) mass is 303 g/mol. The summed E-state index contributed by atoms with van der Waals surface area (Å²) >= 11 is 1.75. The number of rotatable bonds is 8. The van der Waals surface area contributed by atoms with Gasteiger partial charge in [-0.1, -0.05) is 37.3 Å². The maximum Gasteiger partial charge on any atom is 0.0798 e. The van der Waals surface area contributed by atoms with Crippen molar-refractivity contribution in [2.45, 2.75) is 32.9 Å². The number of nitrogens with one attached hydrogen (secondary N) is 1. The van der Waals surface area contributed by atoms with E-state index in [0.717, 1.165) is 25.3 Å². The minimum atomic E-state index is 0.388. The van der Waals surface area contributed by atoms with Gasteiger partial charge < -0.3 is 5.32 Å². The second kappa shape index (κ2) is 8.27. The van der Waals surface area contributed by atoms with Crippen LogP contribution >= 0.6 is 11.3 Å². The number of hydrogen-bond donors (Lipinski definition) is 1. The molecule has 21 heavy (non-hydrogen) atoms. The van der Waals surface area contributed by atoms with Crippen LogP contribution in [0.5, 0.6) is 0 Å². The first-order valence-corrected chi connectivity index (χ1v) is 8.45. The molecule has 0 fully saturated rings. The van der Waals surface area contributed by atoms with Gasteiger partial charge in [-0.3, -0.25) is 4.90 Å². The Hall–Kier alpha value is -1.23. The van der Waals surface area contributed by atoms with Crippen LogP contribution < -0.4 is 5.32 Å². The van der Waals surface area contributed by atoms with E-state index in [1.54, 1.807) is 11.3 Å². The lowest BCUT2D eigenvalue weighted by Gasteiger charge is -2.28. The summed E-state index contributed by atoms with van der Waals surface area (Å²) in [4.78, 5) is 8.12. The molecule has 0 saturated heterocycles. The van der Waals surface area contributed by atoms with Gasteiger partial charge >= 0.3 is 0 Å². The van der Waals surface area contributed by atoms with Gasteiger partial charge in [0.1, 0.15) is 0 Å². The zero-order valence-corrected chi connectivity index (χ0v) is 14.0. The van der Waals surface area contributed by atoms with Crippen LogP contribution in [0.15, 0.2) is 35.8 Å². The van der Waals surface area contributed by atoms with Crippen molar-refractivity contribution in [2.75, 3.05) is 20.1 Å². The Morgan fingerprint density at radius 3 is 2.67 bits per heavy atom. The number of thiazole rings is 1. The summed E-state index contributed by atoms with van der Waals surface area (Å²) in [6.07, 6.45) is 1.17. The third kappa shape index (κ3) is 4.63. The molecule has 0 radical (unpaired) electrons.